The van der Waals surface area contributed by atoms with Gasteiger partial charge >= 0.3 is 0 Å². The first-order valence-corrected chi connectivity index (χ1v) is 5.88. The molecule has 0 spiro atoms. The highest BCUT2D eigenvalue weighted by atomic mass is 19.1. The van der Waals surface area contributed by atoms with Crippen LogP contribution in [0, 0.1) is 5.82 Å². The molecule has 1 fully saturated rings. The lowest BCUT2D eigenvalue weighted by molar-refractivity contribution is 0.244. The van der Waals surface area contributed by atoms with Gasteiger partial charge in [-0.05, 0) is 30.5 Å². The van der Waals surface area contributed by atoms with Gasteiger partial charge in [0.15, 0.2) is 5.96 Å². The highest BCUT2D eigenvalue weighted by Gasteiger charge is 2.38. The molecule has 1 aromatic rings. The van der Waals surface area contributed by atoms with Crippen LogP contribution in [0.2, 0.25) is 0 Å². The molecule has 0 aromatic heterocycles. The highest BCUT2D eigenvalue weighted by molar-refractivity contribution is 5.77. The molecule has 0 aliphatic heterocycles. The van der Waals surface area contributed by atoms with Crippen molar-refractivity contribution in [1.82, 2.24) is 5.32 Å². The Morgan fingerprint density at radius 1 is 1.41 bits per heavy atom. The van der Waals surface area contributed by atoms with E-state index in [-0.39, 0.29) is 11.2 Å². The van der Waals surface area contributed by atoms with E-state index in [1.165, 1.54) is 24.1 Å². The van der Waals surface area contributed by atoms with Crippen molar-refractivity contribution in [3.63, 3.8) is 0 Å². The van der Waals surface area contributed by atoms with E-state index < -0.39 is 0 Å². The van der Waals surface area contributed by atoms with Gasteiger partial charge in [0.1, 0.15) is 5.82 Å². The van der Waals surface area contributed by atoms with Crippen LogP contribution in [0.5, 0.6) is 0 Å². The fourth-order valence-electron chi connectivity index (χ4n) is 2.31. The van der Waals surface area contributed by atoms with Crippen molar-refractivity contribution >= 4 is 5.96 Å². The summed E-state index contributed by atoms with van der Waals surface area (Å²) >= 11 is 0. The molecular formula is C13H18FN3. The van der Waals surface area contributed by atoms with Crippen LogP contribution in [-0.4, -0.2) is 19.6 Å². The van der Waals surface area contributed by atoms with Crippen molar-refractivity contribution in [1.29, 1.82) is 0 Å². The minimum atomic E-state index is -0.189. The molecule has 0 bridgehead atoms. The van der Waals surface area contributed by atoms with E-state index in [1.54, 1.807) is 7.05 Å². The number of nitrogens with two attached hydrogens (primary N) is 1. The van der Waals surface area contributed by atoms with Gasteiger partial charge in [-0.3, -0.25) is 4.99 Å². The van der Waals surface area contributed by atoms with Gasteiger partial charge in [0.05, 0.1) is 0 Å². The van der Waals surface area contributed by atoms with Gasteiger partial charge in [-0.25, -0.2) is 4.39 Å². The molecule has 0 unspecified atom stereocenters. The summed E-state index contributed by atoms with van der Waals surface area (Å²) in [5.41, 5.74) is 6.92. The number of nitrogens with zero attached hydrogens (tertiary/aromatic N) is 1. The third-order valence-corrected chi connectivity index (χ3v) is 3.62. The summed E-state index contributed by atoms with van der Waals surface area (Å²) < 4.78 is 12.9. The van der Waals surface area contributed by atoms with Gasteiger partial charge in [-0.2, -0.15) is 0 Å². The second kappa shape index (κ2) is 4.73. The van der Waals surface area contributed by atoms with Crippen molar-refractivity contribution in [2.75, 3.05) is 13.6 Å². The normalized spacial score (nSPS) is 18.6. The van der Waals surface area contributed by atoms with E-state index in [9.17, 15) is 4.39 Å². The van der Waals surface area contributed by atoms with Gasteiger partial charge in [-0.1, -0.05) is 18.6 Å². The van der Waals surface area contributed by atoms with Crippen LogP contribution in [0.1, 0.15) is 24.8 Å². The zero-order valence-corrected chi connectivity index (χ0v) is 10.0. The minimum absolute atomic E-state index is 0.100. The molecule has 92 valence electrons. The van der Waals surface area contributed by atoms with E-state index in [0.29, 0.717) is 5.96 Å². The molecule has 17 heavy (non-hydrogen) atoms. The second-order valence-corrected chi connectivity index (χ2v) is 4.60. The Labute approximate surface area is 101 Å². The summed E-state index contributed by atoms with van der Waals surface area (Å²) in [6.45, 7) is 0.766. The van der Waals surface area contributed by atoms with Gasteiger partial charge in [0.25, 0.3) is 0 Å². The largest absolute Gasteiger partial charge is 0.370 e. The van der Waals surface area contributed by atoms with Crippen LogP contribution in [0.3, 0.4) is 0 Å². The lowest BCUT2D eigenvalue weighted by Crippen LogP contribution is -2.47. The third kappa shape index (κ3) is 2.40. The molecule has 2 rings (SSSR count). The highest BCUT2D eigenvalue weighted by Crippen LogP contribution is 2.43. The van der Waals surface area contributed by atoms with Crippen LogP contribution in [0.4, 0.5) is 4.39 Å². The Bertz CT molecular complexity index is 407. The van der Waals surface area contributed by atoms with E-state index in [2.05, 4.69) is 10.3 Å². The Kier molecular flexibility index (Phi) is 3.31. The number of nitrogens with one attached hydrogen (secondary N) is 1. The van der Waals surface area contributed by atoms with Gasteiger partial charge < -0.3 is 11.1 Å². The first-order chi connectivity index (χ1) is 8.16. The van der Waals surface area contributed by atoms with E-state index in [1.807, 2.05) is 12.1 Å². The fourth-order valence-corrected chi connectivity index (χ4v) is 2.31. The zero-order chi connectivity index (χ0) is 12.3. The molecule has 1 aliphatic rings. The van der Waals surface area contributed by atoms with Crippen LogP contribution in [0.25, 0.3) is 0 Å². The summed E-state index contributed by atoms with van der Waals surface area (Å²) in [6.07, 6.45) is 3.44. The zero-order valence-electron chi connectivity index (χ0n) is 10.0. The maximum atomic E-state index is 12.9. The summed E-state index contributed by atoms with van der Waals surface area (Å²) in [5.74, 6) is 0.268. The Balaban J connectivity index is 2.11. The molecule has 3 nitrogen and oxygen atoms in total. The number of hydrogen-bond acceptors (Lipinski definition) is 1. The number of rotatable bonds is 3. The SMILES string of the molecule is CN=C(N)NCC1(c2ccc(F)cc2)CCC1. The van der Waals surface area contributed by atoms with Gasteiger partial charge in [0, 0.05) is 19.0 Å². The molecule has 0 amide bonds. The van der Waals surface area contributed by atoms with E-state index >= 15 is 0 Å². The fraction of sp³-hybridized carbons (Fsp3) is 0.462. The summed E-state index contributed by atoms with van der Waals surface area (Å²) in [4.78, 5) is 3.88. The van der Waals surface area contributed by atoms with Gasteiger partial charge in [0.2, 0.25) is 0 Å². The van der Waals surface area contributed by atoms with Crippen LogP contribution in [-0.2, 0) is 5.41 Å². The van der Waals surface area contributed by atoms with Crippen LogP contribution < -0.4 is 11.1 Å². The molecule has 0 atom stereocenters. The van der Waals surface area contributed by atoms with E-state index in [4.69, 9.17) is 5.73 Å². The molecule has 1 aliphatic carbocycles. The number of guanidine groups is 1. The predicted molar refractivity (Wildman–Crippen MR) is 67.5 cm³/mol. The Morgan fingerprint density at radius 2 is 2.06 bits per heavy atom. The van der Waals surface area contributed by atoms with Crippen LogP contribution >= 0.6 is 0 Å². The maximum absolute atomic E-state index is 12.9. The second-order valence-electron chi connectivity index (χ2n) is 4.60. The summed E-state index contributed by atoms with van der Waals surface area (Å²) in [6, 6.07) is 6.78. The quantitative estimate of drug-likeness (QED) is 0.620. The first kappa shape index (κ1) is 11.9. The standard InChI is InChI=1S/C13H18FN3/c1-16-12(15)17-9-13(7-2-8-13)10-3-5-11(14)6-4-10/h3-6H,2,7-9H2,1H3,(H3,15,16,17). The average Bonchev–Trinajstić information content (AvgIpc) is 2.29. The number of halogens is 1. The van der Waals surface area contributed by atoms with Crippen molar-refractivity contribution in [3.05, 3.63) is 35.6 Å². The summed E-state index contributed by atoms with van der Waals surface area (Å²) in [5, 5.41) is 3.12. The third-order valence-electron chi connectivity index (χ3n) is 3.62. The van der Waals surface area contributed by atoms with Crippen molar-refractivity contribution < 1.29 is 4.39 Å². The number of benzene rings is 1. The van der Waals surface area contributed by atoms with Crippen molar-refractivity contribution in [3.8, 4) is 0 Å². The summed E-state index contributed by atoms with van der Waals surface area (Å²) in [7, 11) is 1.66. The predicted octanol–water partition coefficient (Wildman–Crippen LogP) is 1.78. The lowest BCUT2D eigenvalue weighted by Gasteiger charge is -2.42. The molecule has 3 N–H and O–H groups in total. The smallest absolute Gasteiger partial charge is 0.188 e. The number of hydrogen-bond donors (Lipinski definition) is 2. The number of aliphatic imine (C=N–C) groups is 1. The van der Waals surface area contributed by atoms with Crippen molar-refractivity contribution in [2.24, 2.45) is 10.7 Å². The molecule has 1 saturated carbocycles. The molecule has 1 aromatic carbocycles. The Morgan fingerprint density at radius 3 is 2.53 bits per heavy atom. The first-order valence-electron chi connectivity index (χ1n) is 5.88. The van der Waals surface area contributed by atoms with E-state index in [0.717, 1.165) is 19.4 Å². The van der Waals surface area contributed by atoms with Crippen LogP contribution in [0.15, 0.2) is 29.3 Å². The topological polar surface area (TPSA) is 50.4 Å². The molecule has 0 radical (unpaired) electrons. The molecule has 0 heterocycles. The molecular weight excluding hydrogens is 217 g/mol. The molecule has 4 heteroatoms. The lowest BCUT2D eigenvalue weighted by atomic mass is 9.64. The molecule has 0 saturated heterocycles. The Hall–Kier alpha value is -1.58. The van der Waals surface area contributed by atoms with Crippen molar-refractivity contribution in [2.45, 2.75) is 24.7 Å². The minimum Gasteiger partial charge on any atom is -0.370 e. The average molecular weight is 235 g/mol. The monoisotopic (exact) mass is 235 g/mol. The van der Waals surface area contributed by atoms with Gasteiger partial charge in [-0.15, -0.1) is 0 Å². The maximum Gasteiger partial charge on any atom is 0.188 e.